The van der Waals surface area contributed by atoms with Crippen LogP contribution in [0.3, 0.4) is 0 Å². The average Bonchev–Trinajstić information content (AvgIpc) is 2.81. The van der Waals surface area contributed by atoms with Crippen molar-refractivity contribution in [1.82, 2.24) is 5.32 Å². The van der Waals surface area contributed by atoms with E-state index >= 15 is 0 Å². The Labute approximate surface area is 69.3 Å². The maximum atomic E-state index is 5.19. The van der Waals surface area contributed by atoms with Crippen LogP contribution in [0, 0.1) is 11.8 Å². The molecule has 1 aliphatic rings. The lowest BCUT2D eigenvalue weighted by Gasteiger charge is -2.22. The third-order valence-electron chi connectivity index (χ3n) is 2.68. The van der Waals surface area contributed by atoms with E-state index in [0.29, 0.717) is 6.04 Å². The minimum atomic E-state index is 0.599. The number of hydrogen-bond acceptors (Lipinski definition) is 2. The van der Waals surface area contributed by atoms with Crippen LogP contribution in [0.2, 0.25) is 0 Å². The van der Waals surface area contributed by atoms with E-state index < -0.39 is 0 Å². The fourth-order valence-corrected chi connectivity index (χ4v) is 1.62. The first-order valence-corrected chi connectivity index (χ1v) is 4.45. The molecule has 0 heterocycles. The Bertz CT molecular complexity index is 112. The standard InChI is InChI=1S/C9H19NO/c1-7(10-2)9(6-11-3)8-4-5-8/h7-10H,4-6H2,1-3H3. The first-order valence-electron chi connectivity index (χ1n) is 4.45. The van der Waals surface area contributed by atoms with Gasteiger partial charge in [-0.1, -0.05) is 0 Å². The highest BCUT2D eigenvalue weighted by atomic mass is 16.5. The minimum Gasteiger partial charge on any atom is -0.384 e. The van der Waals surface area contributed by atoms with E-state index in [1.165, 1.54) is 12.8 Å². The van der Waals surface area contributed by atoms with E-state index in [2.05, 4.69) is 12.2 Å². The predicted molar refractivity (Wildman–Crippen MR) is 46.6 cm³/mol. The van der Waals surface area contributed by atoms with Crippen LogP contribution in [0.4, 0.5) is 0 Å². The SMILES string of the molecule is CNC(C)C(COC)C1CC1. The zero-order chi connectivity index (χ0) is 8.27. The Balaban J connectivity index is 2.30. The fraction of sp³-hybridized carbons (Fsp3) is 1.00. The Morgan fingerprint density at radius 3 is 2.55 bits per heavy atom. The molecule has 0 bridgehead atoms. The molecule has 1 saturated carbocycles. The molecule has 2 atom stereocenters. The van der Waals surface area contributed by atoms with Gasteiger partial charge in [-0.15, -0.1) is 0 Å². The average molecular weight is 157 g/mol. The van der Waals surface area contributed by atoms with Gasteiger partial charge in [0, 0.05) is 19.1 Å². The Kier molecular flexibility index (Phi) is 3.34. The van der Waals surface area contributed by atoms with Crippen LogP contribution in [0.15, 0.2) is 0 Å². The van der Waals surface area contributed by atoms with Gasteiger partial charge in [0.2, 0.25) is 0 Å². The van der Waals surface area contributed by atoms with Gasteiger partial charge in [-0.05, 0) is 32.7 Å². The lowest BCUT2D eigenvalue weighted by molar-refractivity contribution is 0.124. The van der Waals surface area contributed by atoms with Crippen LogP contribution in [-0.2, 0) is 4.74 Å². The van der Waals surface area contributed by atoms with Crippen molar-refractivity contribution in [3.05, 3.63) is 0 Å². The molecule has 66 valence electrons. The molecule has 2 nitrogen and oxygen atoms in total. The first-order chi connectivity index (χ1) is 5.29. The van der Waals surface area contributed by atoms with Crippen LogP contribution >= 0.6 is 0 Å². The molecular formula is C9H19NO. The molecule has 0 aromatic carbocycles. The maximum absolute atomic E-state index is 5.19. The Morgan fingerprint density at radius 2 is 2.18 bits per heavy atom. The Morgan fingerprint density at radius 1 is 1.55 bits per heavy atom. The van der Waals surface area contributed by atoms with Crippen molar-refractivity contribution in [1.29, 1.82) is 0 Å². The van der Waals surface area contributed by atoms with Gasteiger partial charge in [-0.25, -0.2) is 0 Å². The normalized spacial score (nSPS) is 23.2. The van der Waals surface area contributed by atoms with Gasteiger partial charge in [0.1, 0.15) is 0 Å². The van der Waals surface area contributed by atoms with E-state index in [1.807, 2.05) is 7.05 Å². The summed E-state index contributed by atoms with van der Waals surface area (Å²) in [5, 5.41) is 3.29. The zero-order valence-electron chi connectivity index (χ0n) is 7.76. The van der Waals surface area contributed by atoms with Crippen LogP contribution in [0.1, 0.15) is 19.8 Å². The molecule has 0 saturated heterocycles. The van der Waals surface area contributed by atoms with Crippen molar-refractivity contribution in [2.45, 2.75) is 25.8 Å². The summed E-state index contributed by atoms with van der Waals surface area (Å²) in [6.45, 7) is 3.15. The molecule has 1 rings (SSSR count). The van der Waals surface area contributed by atoms with Crippen LogP contribution in [-0.4, -0.2) is 26.8 Å². The van der Waals surface area contributed by atoms with E-state index in [0.717, 1.165) is 18.4 Å². The molecule has 1 aliphatic carbocycles. The molecule has 2 unspecified atom stereocenters. The molecule has 1 N–H and O–H groups in total. The van der Waals surface area contributed by atoms with Crippen molar-refractivity contribution >= 4 is 0 Å². The van der Waals surface area contributed by atoms with Crippen LogP contribution in [0.25, 0.3) is 0 Å². The summed E-state index contributed by atoms with van der Waals surface area (Å²) < 4.78 is 5.19. The quantitative estimate of drug-likeness (QED) is 0.649. The molecule has 0 aromatic rings. The highest BCUT2D eigenvalue weighted by Crippen LogP contribution is 2.38. The van der Waals surface area contributed by atoms with E-state index in [9.17, 15) is 0 Å². The van der Waals surface area contributed by atoms with Crippen LogP contribution < -0.4 is 5.32 Å². The lowest BCUT2D eigenvalue weighted by Crippen LogP contribution is -2.34. The van der Waals surface area contributed by atoms with Gasteiger partial charge in [0.25, 0.3) is 0 Å². The lowest BCUT2D eigenvalue weighted by atomic mass is 9.97. The van der Waals surface area contributed by atoms with Crippen molar-refractivity contribution in [2.24, 2.45) is 11.8 Å². The molecule has 0 radical (unpaired) electrons. The smallest absolute Gasteiger partial charge is 0.0507 e. The summed E-state index contributed by atoms with van der Waals surface area (Å²) >= 11 is 0. The summed E-state index contributed by atoms with van der Waals surface area (Å²) in [4.78, 5) is 0. The topological polar surface area (TPSA) is 21.3 Å². The van der Waals surface area contributed by atoms with E-state index in [1.54, 1.807) is 7.11 Å². The molecular weight excluding hydrogens is 138 g/mol. The summed E-state index contributed by atoms with van der Waals surface area (Å²) in [7, 11) is 3.81. The number of ether oxygens (including phenoxy) is 1. The second kappa shape index (κ2) is 4.07. The van der Waals surface area contributed by atoms with Gasteiger partial charge >= 0.3 is 0 Å². The van der Waals surface area contributed by atoms with Crippen LogP contribution in [0.5, 0.6) is 0 Å². The fourth-order valence-electron chi connectivity index (χ4n) is 1.62. The molecule has 1 fully saturated rings. The Hall–Kier alpha value is -0.0800. The van der Waals surface area contributed by atoms with E-state index in [-0.39, 0.29) is 0 Å². The molecule has 11 heavy (non-hydrogen) atoms. The summed E-state index contributed by atoms with van der Waals surface area (Å²) in [5.74, 6) is 1.65. The monoisotopic (exact) mass is 157 g/mol. The molecule has 2 heteroatoms. The predicted octanol–water partition coefficient (Wildman–Crippen LogP) is 1.27. The second-order valence-electron chi connectivity index (χ2n) is 3.53. The molecule has 0 spiro atoms. The first kappa shape index (κ1) is 9.01. The number of nitrogens with one attached hydrogen (secondary N) is 1. The number of methoxy groups -OCH3 is 1. The summed E-state index contributed by atoms with van der Waals surface area (Å²) in [6, 6.07) is 0.599. The molecule has 0 aliphatic heterocycles. The third kappa shape index (κ3) is 2.46. The van der Waals surface area contributed by atoms with E-state index in [4.69, 9.17) is 4.74 Å². The molecule has 0 amide bonds. The van der Waals surface area contributed by atoms with Gasteiger partial charge < -0.3 is 10.1 Å². The van der Waals surface area contributed by atoms with Crippen molar-refractivity contribution in [2.75, 3.05) is 20.8 Å². The summed E-state index contributed by atoms with van der Waals surface area (Å²) in [6.07, 6.45) is 2.81. The largest absolute Gasteiger partial charge is 0.384 e. The summed E-state index contributed by atoms with van der Waals surface area (Å²) in [5.41, 5.74) is 0. The van der Waals surface area contributed by atoms with Gasteiger partial charge in [-0.3, -0.25) is 0 Å². The van der Waals surface area contributed by atoms with Gasteiger partial charge in [0.15, 0.2) is 0 Å². The number of rotatable bonds is 5. The van der Waals surface area contributed by atoms with Gasteiger partial charge in [-0.2, -0.15) is 0 Å². The second-order valence-corrected chi connectivity index (χ2v) is 3.53. The van der Waals surface area contributed by atoms with Crippen molar-refractivity contribution in [3.63, 3.8) is 0 Å². The zero-order valence-corrected chi connectivity index (χ0v) is 7.76. The van der Waals surface area contributed by atoms with Gasteiger partial charge in [0.05, 0.1) is 6.61 Å². The van der Waals surface area contributed by atoms with Crippen molar-refractivity contribution in [3.8, 4) is 0 Å². The van der Waals surface area contributed by atoms with Crippen molar-refractivity contribution < 1.29 is 4.74 Å². The maximum Gasteiger partial charge on any atom is 0.0507 e. The number of hydrogen-bond donors (Lipinski definition) is 1. The third-order valence-corrected chi connectivity index (χ3v) is 2.68. The highest BCUT2D eigenvalue weighted by Gasteiger charge is 2.33. The molecule has 0 aromatic heterocycles. The minimum absolute atomic E-state index is 0.599. The highest BCUT2D eigenvalue weighted by molar-refractivity contribution is 4.86.